The monoisotopic (exact) mass is 201 g/mol. The maximum atomic E-state index is 9.17. The minimum atomic E-state index is -0.160. The number of aliphatic hydroxyl groups excluding tert-OH is 1. The van der Waals surface area contributed by atoms with E-state index in [0.717, 1.165) is 25.5 Å². The van der Waals surface area contributed by atoms with E-state index in [1.807, 2.05) is 6.92 Å². The van der Waals surface area contributed by atoms with Gasteiger partial charge in [-0.25, -0.2) is 0 Å². The van der Waals surface area contributed by atoms with Crippen LogP contribution in [0.4, 0.5) is 0 Å². The predicted molar refractivity (Wildman–Crippen MR) is 57.3 cm³/mol. The Balaban J connectivity index is 2.09. The largest absolute Gasteiger partial charge is 0.393 e. The Labute approximate surface area is 87.1 Å². The highest BCUT2D eigenvalue weighted by molar-refractivity contribution is 4.72. The van der Waals surface area contributed by atoms with Crippen LogP contribution in [0.15, 0.2) is 0 Å². The summed E-state index contributed by atoms with van der Waals surface area (Å²) in [4.78, 5) is 2.44. The van der Waals surface area contributed by atoms with E-state index in [1.54, 1.807) is 7.11 Å². The van der Waals surface area contributed by atoms with Crippen LogP contribution in [0.5, 0.6) is 0 Å². The quantitative estimate of drug-likeness (QED) is 0.723. The van der Waals surface area contributed by atoms with Crippen LogP contribution in [0.25, 0.3) is 0 Å². The van der Waals surface area contributed by atoms with Crippen molar-refractivity contribution in [2.45, 2.75) is 32.3 Å². The first kappa shape index (κ1) is 12.0. The molecule has 1 heterocycles. The second-order valence-electron chi connectivity index (χ2n) is 4.38. The van der Waals surface area contributed by atoms with Crippen molar-refractivity contribution in [3.05, 3.63) is 0 Å². The molecule has 0 radical (unpaired) electrons. The lowest BCUT2D eigenvalue weighted by molar-refractivity contribution is 0.0897. The van der Waals surface area contributed by atoms with Crippen molar-refractivity contribution in [2.75, 3.05) is 33.4 Å². The molecule has 0 spiro atoms. The van der Waals surface area contributed by atoms with E-state index in [0.29, 0.717) is 0 Å². The van der Waals surface area contributed by atoms with Crippen LogP contribution >= 0.6 is 0 Å². The molecule has 3 heteroatoms. The van der Waals surface area contributed by atoms with Gasteiger partial charge in [0.1, 0.15) is 0 Å². The smallest absolute Gasteiger partial charge is 0.0524 e. The van der Waals surface area contributed by atoms with Crippen LogP contribution in [0.1, 0.15) is 26.2 Å². The van der Waals surface area contributed by atoms with Gasteiger partial charge in [-0.2, -0.15) is 0 Å². The van der Waals surface area contributed by atoms with Gasteiger partial charge < -0.3 is 14.7 Å². The van der Waals surface area contributed by atoms with Crippen molar-refractivity contribution in [1.82, 2.24) is 4.90 Å². The van der Waals surface area contributed by atoms with E-state index < -0.39 is 0 Å². The Morgan fingerprint density at radius 3 is 2.57 bits per heavy atom. The molecular formula is C11H23NO2. The molecule has 0 aromatic rings. The first-order valence-electron chi connectivity index (χ1n) is 5.61. The number of hydrogen-bond acceptors (Lipinski definition) is 3. The average Bonchev–Trinajstić information content (AvgIpc) is 2.17. The third-order valence-corrected chi connectivity index (χ3v) is 2.97. The van der Waals surface area contributed by atoms with Crippen LogP contribution in [0.3, 0.4) is 0 Å². The molecule has 0 aliphatic carbocycles. The summed E-state index contributed by atoms with van der Waals surface area (Å²) >= 11 is 0. The van der Waals surface area contributed by atoms with Gasteiger partial charge in [0.05, 0.1) is 6.10 Å². The molecule has 1 aliphatic heterocycles. The van der Waals surface area contributed by atoms with E-state index >= 15 is 0 Å². The van der Waals surface area contributed by atoms with Gasteiger partial charge in [-0.15, -0.1) is 0 Å². The van der Waals surface area contributed by atoms with E-state index in [1.165, 1.54) is 25.9 Å². The Morgan fingerprint density at radius 1 is 1.43 bits per heavy atom. The first-order chi connectivity index (χ1) is 6.72. The van der Waals surface area contributed by atoms with Crippen molar-refractivity contribution < 1.29 is 9.84 Å². The molecule has 14 heavy (non-hydrogen) atoms. The van der Waals surface area contributed by atoms with Crippen molar-refractivity contribution in [3.8, 4) is 0 Å². The second-order valence-corrected chi connectivity index (χ2v) is 4.38. The summed E-state index contributed by atoms with van der Waals surface area (Å²) in [7, 11) is 1.78. The number of piperidine rings is 1. The van der Waals surface area contributed by atoms with Crippen molar-refractivity contribution >= 4 is 0 Å². The number of likely N-dealkylation sites (tertiary alicyclic amines) is 1. The molecule has 1 unspecified atom stereocenters. The molecule has 0 bridgehead atoms. The Morgan fingerprint density at radius 2 is 2.07 bits per heavy atom. The molecular weight excluding hydrogens is 178 g/mol. The molecule has 0 aromatic carbocycles. The van der Waals surface area contributed by atoms with Gasteiger partial charge >= 0.3 is 0 Å². The summed E-state index contributed by atoms with van der Waals surface area (Å²) in [5.41, 5.74) is 0. The average molecular weight is 201 g/mol. The minimum absolute atomic E-state index is 0.160. The summed E-state index contributed by atoms with van der Waals surface area (Å²) < 4.78 is 5.16. The normalized spacial score (nSPS) is 22.5. The number of aliphatic hydroxyl groups is 1. The zero-order chi connectivity index (χ0) is 10.4. The maximum Gasteiger partial charge on any atom is 0.0524 e. The fraction of sp³-hybridized carbons (Fsp3) is 1.00. The first-order valence-corrected chi connectivity index (χ1v) is 5.61. The number of rotatable bonds is 5. The third-order valence-electron chi connectivity index (χ3n) is 2.97. The van der Waals surface area contributed by atoms with Gasteiger partial charge in [0.15, 0.2) is 0 Å². The molecule has 1 saturated heterocycles. The lowest BCUT2D eigenvalue weighted by Crippen LogP contribution is -2.36. The highest BCUT2D eigenvalue weighted by Crippen LogP contribution is 2.17. The van der Waals surface area contributed by atoms with Crippen LogP contribution in [-0.2, 0) is 4.74 Å². The number of nitrogens with zero attached hydrogens (tertiary/aromatic N) is 1. The standard InChI is InChI=1S/C11H23NO2/c1-10(13)3-6-12-7-4-11(5-8-12)9-14-2/h10-11,13H,3-9H2,1-2H3. The van der Waals surface area contributed by atoms with E-state index in [4.69, 9.17) is 4.74 Å². The summed E-state index contributed by atoms with van der Waals surface area (Å²) in [5.74, 6) is 0.753. The lowest BCUT2D eigenvalue weighted by atomic mass is 9.97. The maximum absolute atomic E-state index is 9.17. The molecule has 1 atom stereocenters. The minimum Gasteiger partial charge on any atom is -0.393 e. The number of ether oxygens (including phenoxy) is 1. The molecule has 1 N–H and O–H groups in total. The molecule has 1 fully saturated rings. The van der Waals surface area contributed by atoms with Crippen LogP contribution < -0.4 is 0 Å². The van der Waals surface area contributed by atoms with E-state index in [2.05, 4.69) is 4.90 Å². The topological polar surface area (TPSA) is 32.7 Å². The van der Waals surface area contributed by atoms with Gasteiger partial charge in [-0.3, -0.25) is 0 Å². The Kier molecular flexibility index (Phi) is 5.45. The number of hydrogen-bond donors (Lipinski definition) is 1. The summed E-state index contributed by atoms with van der Waals surface area (Å²) in [6.07, 6.45) is 3.22. The fourth-order valence-electron chi connectivity index (χ4n) is 1.98. The van der Waals surface area contributed by atoms with Crippen molar-refractivity contribution in [3.63, 3.8) is 0 Å². The molecule has 0 amide bonds. The molecule has 1 aliphatic rings. The van der Waals surface area contributed by atoms with Crippen molar-refractivity contribution in [1.29, 1.82) is 0 Å². The predicted octanol–water partition coefficient (Wildman–Crippen LogP) is 1.12. The second kappa shape index (κ2) is 6.38. The number of methoxy groups -OCH3 is 1. The third kappa shape index (κ3) is 4.40. The van der Waals surface area contributed by atoms with Crippen LogP contribution in [0.2, 0.25) is 0 Å². The summed E-state index contributed by atoms with van der Waals surface area (Å²) in [6.45, 7) is 6.14. The van der Waals surface area contributed by atoms with Gasteiger partial charge in [-0.05, 0) is 45.2 Å². The zero-order valence-corrected chi connectivity index (χ0v) is 9.41. The summed E-state index contributed by atoms with van der Waals surface area (Å²) in [5, 5.41) is 9.17. The molecule has 1 rings (SSSR count). The zero-order valence-electron chi connectivity index (χ0n) is 9.41. The van der Waals surface area contributed by atoms with Crippen LogP contribution in [0, 0.1) is 5.92 Å². The lowest BCUT2D eigenvalue weighted by Gasteiger charge is -2.31. The van der Waals surface area contributed by atoms with Gasteiger partial charge in [0.2, 0.25) is 0 Å². The van der Waals surface area contributed by atoms with Gasteiger partial charge in [0, 0.05) is 20.3 Å². The molecule has 0 saturated carbocycles. The highest BCUT2D eigenvalue weighted by atomic mass is 16.5. The van der Waals surface area contributed by atoms with E-state index in [9.17, 15) is 5.11 Å². The van der Waals surface area contributed by atoms with Gasteiger partial charge in [0.25, 0.3) is 0 Å². The Bertz CT molecular complexity index is 142. The van der Waals surface area contributed by atoms with Crippen molar-refractivity contribution in [2.24, 2.45) is 5.92 Å². The Hall–Kier alpha value is -0.120. The summed E-state index contributed by atoms with van der Waals surface area (Å²) in [6, 6.07) is 0. The van der Waals surface area contributed by atoms with E-state index in [-0.39, 0.29) is 6.10 Å². The SMILES string of the molecule is COCC1CCN(CCC(C)O)CC1. The fourth-order valence-corrected chi connectivity index (χ4v) is 1.98. The molecule has 3 nitrogen and oxygen atoms in total. The van der Waals surface area contributed by atoms with Crippen LogP contribution in [-0.4, -0.2) is 49.5 Å². The molecule has 0 aromatic heterocycles. The molecule has 84 valence electrons. The highest BCUT2D eigenvalue weighted by Gasteiger charge is 2.18. The van der Waals surface area contributed by atoms with Gasteiger partial charge in [-0.1, -0.05) is 0 Å².